The number of esters is 1. The molecule has 0 spiro atoms. The molecule has 1 rings (SSSR count). The summed E-state index contributed by atoms with van der Waals surface area (Å²) in [6, 6.07) is -0.636. The van der Waals surface area contributed by atoms with Gasteiger partial charge in [0.15, 0.2) is 0 Å². The lowest BCUT2D eigenvalue weighted by atomic mass is 9.75. The van der Waals surface area contributed by atoms with Gasteiger partial charge in [0.25, 0.3) is 0 Å². The van der Waals surface area contributed by atoms with Crippen LogP contribution in [0.1, 0.15) is 144 Å². The van der Waals surface area contributed by atoms with Crippen molar-refractivity contribution in [1.29, 1.82) is 0 Å². The van der Waals surface area contributed by atoms with Crippen LogP contribution in [0.15, 0.2) is 0 Å². The van der Waals surface area contributed by atoms with Crippen LogP contribution in [0, 0.1) is 17.8 Å². The first-order chi connectivity index (χ1) is 17.3. The summed E-state index contributed by atoms with van der Waals surface area (Å²) in [5.74, 6) is 1.09. The number of hydrogen-bond acceptors (Lipinski definition) is 4. The molecule has 36 heavy (non-hydrogen) atoms. The maximum absolute atomic E-state index is 12.7. The van der Waals surface area contributed by atoms with E-state index in [9.17, 15) is 9.59 Å². The molecular weight excluding hydrogens is 450 g/mol. The lowest BCUT2D eigenvalue weighted by molar-refractivity contribution is -0.148. The fraction of sp³-hybridized carbons (Fsp3) is 0.935. The number of amides is 1. The van der Waals surface area contributed by atoms with Gasteiger partial charge >= 0.3 is 12.1 Å². The van der Waals surface area contributed by atoms with Crippen LogP contribution in [-0.2, 0) is 14.3 Å². The molecular formula is C31H59NO4. The molecule has 4 unspecified atom stereocenters. The van der Waals surface area contributed by atoms with Gasteiger partial charge in [0.05, 0.1) is 6.61 Å². The van der Waals surface area contributed by atoms with E-state index in [2.05, 4.69) is 27.7 Å². The molecule has 1 saturated carbocycles. The third kappa shape index (κ3) is 13.9. The number of hydrogen-bond donors (Lipinski definition) is 0. The minimum absolute atomic E-state index is 0.0672. The lowest BCUT2D eigenvalue weighted by Crippen LogP contribution is -2.45. The van der Waals surface area contributed by atoms with Crippen molar-refractivity contribution in [2.45, 2.75) is 156 Å². The molecule has 0 heterocycles. The van der Waals surface area contributed by atoms with Crippen molar-refractivity contribution in [3.05, 3.63) is 0 Å². The van der Waals surface area contributed by atoms with Gasteiger partial charge in [-0.3, -0.25) is 4.90 Å². The van der Waals surface area contributed by atoms with E-state index < -0.39 is 12.1 Å². The summed E-state index contributed by atoms with van der Waals surface area (Å²) in [5, 5.41) is 0. The van der Waals surface area contributed by atoms with Crippen molar-refractivity contribution in [2.24, 2.45) is 17.8 Å². The van der Waals surface area contributed by atoms with Gasteiger partial charge in [-0.2, -0.15) is 0 Å². The Hall–Kier alpha value is -1.26. The Balaban J connectivity index is 2.10. The van der Waals surface area contributed by atoms with Gasteiger partial charge in [0.1, 0.15) is 12.1 Å². The van der Waals surface area contributed by atoms with E-state index in [-0.39, 0.29) is 12.1 Å². The van der Waals surface area contributed by atoms with Crippen molar-refractivity contribution >= 4 is 12.1 Å². The first-order valence-corrected chi connectivity index (χ1v) is 15.4. The zero-order valence-corrected chi connectivity index (χ0v) is 24.7. The summed E-state index contributed by atoms with van der Waals surface area (Å²) < 4.78 is 11.3. The largest absolute Gasteiger partial charge is 0.464 e. The van der Waals surface area contributed by atoms with Crippen LogP contribution in [0.3, 0.4) is 0 Å². The monoisotopic (exact) mass is 509 g/mol. The normalized spacial score (nSPS) is 20.8. The fourth-order valence-electron chi connectivity index (χ4n) is 5.37. The summed E-state index contributed by atoms with van der Waals surface area (Å²) in [5.41, 5.74) is 0. The zero-order valence-electron chi connectivity index (χ0n) is 24.7. The summed E-state index contributed by atoms with van der Waals surface area (Å²) in [4.78, 5) is 26.6. The van der Waals surface area contributed by atoms with E-state index in [0.717, 1.165) is 25.7 Å². The minimum atomic E-state index is -0.636. The molecule has 0 radical (unpaired) electrons. The van der Waals surface area contributed by atoms with Crippen LogP contribution in [-0.4, -0.2) is 42.8 Å². The van der Waals surface area contributed by atoms with Crippen LogP contribution in [0.4, 0.5) is 4.79 Å². The quantitative estimate of drug-likeness (QED) is 0.129. The average molecular weight is 510 g/mol. The maximum atomic E-state index is 12.7. The van der Waals surface area contributed by atoms with Gasteiger partial charge in [-0.15, -0.1) is 0 Å². The van der Waals surface area contributed by atoms with E-state index in [1.165, 1.54) is 88.4 Å². The first kappa shape index (κ1) is 32.8. The number of ether oxygens (including phenoxy) is 2. The molecule has 0 N–H and O–H groups in total. The van der Waals surface area contributed by atoms with Gasteiger partial charge < -0.3 is 9.47 Å². The highest BCUT2D eigenvalue weighted by molar-refractivity contribution is 5.80. The Morgan fingerprint density at radius 1 is 0.806 bits per heavy atom. The number of carbonyl (C=O) groups excluding carboxylic acids is 2. The van der Waals surface area contributed by atoms with E-state index in [1.54, 1.807) is 14.0 Å². The Morgan fingerprint density at radius 3 is 1.81 bits per heavy atom. The molecule has 1 amide bonds. The maximum Gasteiger partial charge on any atom is 0.410 e. The van der Waals surface area contributed by atoms with Crippen LogP contribution >= 0.6 is 0 Å². The van der Waals surface area contributed by atoms with Crippen LogP contribution in [0.2, 0.25) is 0 Å². The first-order valence-electron chi connectivity index (χ1n) is 15.4. The average Bonchev–Trinajstić information content (AvgIpc) is 2.85. The Kier molecular flexibility index (Phi) is 18.0. The molecule has 0 saturated heterocycles. The molecule has 0 bridgehead atoms. The molecule has 4 atom stereocenters. The molecule has 1 aliphatic carbocycles. The minimum Gasteiger partial charge on any atom is -0.464 e. The molecule has 212 valence electrons. The standard InChI is InChI=1S/C31H59NO4/c1-7-8-9-10-11-12-13-14-15-16-17-18-19-20-23-35-30(33)27(5)32(6)31(34)36-29-24-26(4)21-22-28(29)25(2)3/h25-29H,7-24H2,1-6H3. The van der Waals surface area contributed by atoms with E-state index in [1.807, 2.05) is 0 Å². The zero-order chi connectivity index (χ0) is 26.8. The van der Waals surface area contributed by atoms with Crippen LogP contribution in [0.25, 0.3) is 0 Å². The van der Waals surface area contributed by atoms with Crippen molar-refractivity contribution in [3.8, 4) is 0 Å². The van der Waals surface area contributed by atoms with E-state index in [4.69, 9.17) is 9.47 Å². The molecule has 5 heteroatoms. The van der Waals surface area contributed by atoms with Crippen molar-refractivity contribution in [3.63, 3.8) is 0 Å². The highest BCUT2D eigenvalue weighted by Gasteiger charge is 2.35. The summed E-state index contributed by atoms with van der Waals surface area (Å²) in [6.45, 7) is 11.0. The van der Waals surface area contributed by atoms with Gasteiger partial charge in [0, 0.05) is 7.05 Å². The Bertz CT molecular complexity index is 579. The van der Waals surface area contributed by atoms with Gasteiger partial charge in [-0.25, -0.2) is 9.59 Å². The predicted molar refractivity (Wildman–Crippen MR) is 150 cm³/mol. The molecule has 1 aliphatic rings. The summed E-state index contributed by atoms with van der Waals surface area (Å²) in [7, 11) is 1.64. The highest BCUT2D eigenvalue weighted by Crippen LogP contribution is 2.35. The lowest BCUT2D eigenvalue weighted by Gasteiger charge is -2.37. The van der Waals surface area contributed by atoms with Crippen molar-refractivity contribution in [2.75, 3.05) is 13.7 Å². The van der Waals surface area contributed by atoms with Crippen LogP contribution in [0.5, 0.6) is 0 Å². The Morgan fingerprint density at radius 2 is 1.31 bits per heavy atom. The number of rotatable bonds is 19. The number of nitrogens with zero attached hydrogens (tertiary/aromatic N) is 1. The number of likely N-dealkylation sites (N-methyl/N-ethyl adjacent to an activating group) is 1. The second kappa shape index (κ2) is 19.8. The smallest absolute Gasteiger partial charge is 0.410 e. The molecule has 0 aliphatic heterocycles. The number of unbranched alkanes of at least 4 members (excludes halogenated alkanes) is 13. The third-order valence-corrected chi connectivity index (χ3v) is 8.17. The molecule has 0 aromatic carbocycles. The molecule has 0 aromatic heterocycles. The summed E-state index contributed by atoms with van der Waals surface area (Å²) >= 11 is 0. The van der Waals surface area contributed by atoms with Crippen LogP contribution < -0.4 is 0 Å². The highest BCUT2D eigenvalue weighted by atomic mass is 16.6. The third-order valence-electron chi connectivity index (χ3n) is 8.17. The summed E-state index contributed by atoms with van der Waals surface area (Å²) in [6.07, 6.45) is 20.9. The van der Waals surface area contributed by atoms with Gasteiger partial charge in [-0.1, -0.05) is 118 Å². The van der Waals surface area contributed by atoms with E-state index >= 15 is 0 Å². The van der Waals surface area contributed by atoms with Gasteiger partial charge in [-0.05, 0) is 43.9 Å². The number of carbonyl (C=O) groups is 2. The van der Waals surface area contributed by atoms with Gasteiger partial charge in [0.2, 0.25) is 0 Å². The second-order valence-electron chi connectivity index (χ2n) is 11.8. The predicted octanol–water partition coefficient (Wildman–Crippen LogP) is 8.93. The van der Waals surface area contributed by atoms with Crippen molar-refractivity contribution < 1.29 is 19.1 Å². The van der Waals surface area contributed by atoms with E-state index in [0.29, 0.717) is 24.4 Å². The Labute approximate surface area is 223 Å². The second-order valence-corrected chi connectivity index (χ2v) is 11.8. The molecule has 5 nitrogen and oxygen atoms in total. The SMILES string of the molecule is CCCCCCCCCCCCCCCCOC(=O)C(C)N(C)C(=O)OC1CC(C)CCC1C(C)C. The van der Waals surface area contributed by atoms with Crippen molar-refractivity contribution in [1.82, 2.24) is 4.90 Å². The topological polar surface area (TPSA) is 55.8 Å². The molecule has 0 aromatic rings. The fourth-order valence-corrected chi connectivity index (χ4v) is 5.37. The molecule has 1 fully saturated rings.